The molecule has 0 saturated carbocycles. The van der Waals surface area contributed by atoms with Gasteiger partial charge in [-0.3, -0.25) is 0 Å². The van der Waals surface area contributed by atoms with E-state index in [0.29, 0.717) is 10.7 Å². The lowest BCUT2D eigenvalue weighted by atomic mass is 9.93. The molecule has 3 aromatic rings. The van der Waals surface area contributed by atoms with Gasteiger partial charge in [0.15, 0.2) is 0 Å². The van der Waals surface area contributed by atoms with E-state index in [1.165, 1.54) is 22.7 Å². The number of nitrogens with zero attached hydrogens (tertiary/aromatic N) is 2. The molecule has 0 bridgehead atoms. The zero-order valence-electron chi connectivity index (χ0n) is 13.1. The Balaban J connectivity index is 1.70. The summed E-state index contributed by atoms with van der Waals surface area (Å²) in [6.45, 7) is 0. The Bertz CT molecular complexity index is 933. The van der Waals surface area contributed by atoms with Crippen LogP contribution in [0.1, 0.15) is 16.0 Å². The SMILES string of the molecule is COc1ccc2c(c1)-c1nc(N=Cc3ccccc3F)sc1CC2. The summed E-state index contributed by atoms with van der Waals surface area (Å²) < 4.78 is 19.0. The van der Waals surface area contributed by atoms with Crippen LogP contribution >= 0.6 is 11.3 Å². The fourth-order valence-corrected chi connectivity index (χ4v) is 3.77. The van der Waals surface area contributed by atoms with Crippen LogP contribution in [0.5, 0.6) is 5.75 Å². The second-order valence-corrected chi connectivity index (χ2v) is 6.63. The van der Waals surface area contributed by atoms with Crippen molar-refractivity contribution in [3.63, 3.8) is 0 Å². The molecule has 0 N–H and O–H groups in total. The average Bonchev–Trinajstić information content (AvgIpc) is 3.04. The van der Waals surface area contributed by atoms with Crippen LogP contribution in [-0.2, 0) is 12.8 Å². The van der Waals surface area contributed by atoms with E-state index in [2.05, 4.69) is 16.0 Å². The standard InChI is InChI=1S/C19H15FN2OS/c1-23-14-8-6-12-7-9-17-18(15(12)10-14)22-19(24-17)21-11-13-4-2-3-5-16(13)20/h2-6,8,10-11H,7,9H2,1H3. The second kappa shape index (κ2) is 6.17. The van der Waals surface area contributed by atoms with Crippen LogP contribution in [0.4, 0.5) is 9.52 Å². The van der Waals surface area contributed by atoms with Gasteiger partial charge in [0.25, 0.3) is 0 Å². The van der Waals surface area contributed by atoms with Gasteiger partial charge in [0.05, 0.1) is 12.8 Å². The Morgan fingerprint density at radius 1 is 1.21 bits per heavy atom. The number of aryl methyl sites for hydroxylation is 2. The zero-order valence-corrected chi connectivity index (χ0v) is 13.9. The van der Waals surface area contributed by atoms with Crippen molar-refractivity contribution >= 4 is 22.7 Å². The maximum absolute atomic E-state index is 13.7. The highest BCUT2D eigenvalue weighted by Crippen LogP contribution is 2.40. The normalized spacial score (nSPS) is 12.9. The summed E-state index contributed by atoms with van der Waals surface area (Å²) in [4.78, 5) is 10.2. The molecule has 0 radical (unpaired) electrons. The number of aliphatic imine (C=N–C) groups is 1. The molecule has 4 rings (SSSR count). The Morgan fingerprint density at radius 3 is 2.92 bits per heavy atom. The highest BCUT2D eigenvalue weighted by molar-refractivity contribution is 7.15. The maximum Gasteiger partial charge on any atom is 0.209 e. The minimum Gasteiger partial charge on any atom is -0.497 e. The van der Waals surface area contributed by atoms with Crippen LogP contribution in [0, 0.1) is 5.82 Å². The quantitative estimate of drug-likeness (QED) is 0.643. The topological polar surface area (TPSA) is 34.5 Å². The largest absolute Gasteiger partial charge is 0.497 e. The average molecular weight is 338 g/mol. The van der Waals surface area contributed by atoms with E-state index in [4.69, 9.17) is 4.74 Å². The molecule has 0 fully saturated rings. The van der Waals surface area contributed by atoms with Crippen LogP contribution in [0.25, 0.3) is 11.3 Å². The van der Waals surface area contributed by atoms with Gasteiger partial charge in [-0.15, -0.1) is 0 Å². The first-order chi connectivity index (χ1) is 11.7. The molecule has 0 atom stereocenters. The van der Waals surface area contributed by atoms with Gasteiger partial charge in [-0.05, 0) is 36.6 Å². The van der Waals surface area contributed by atoms with E-state index in [1.807, 2.05) is 12.1 Å². The predicted molar refractivity (Wildman–Crippen MR) is 95.2 cm³/mol. The third kappa shape index (κ3) is 2.71. The molecule has 120 valence electrons. The Hall–Kier alpha value is -2.53. The number of thiazole rings is 1. The number of methoxy groups -OCH3 is 1. The van der Waals surface area contributed by atoms with Crippen molar-refractivity contribution in [2.75, 3.05) is 7.11 Å². The molecule has 0 unspecified atom stereocenters. The van der Waals surface area contributed by atoms with Crippen molar-refractivity contribution < 1.29 is 9.13 Å². The van der Waals surface area contributed by atoms with Crippen LogP contribution in [0.3, 0.4) is 0 Å². The number of fused-ring (bicyclic) bond motifs is 3. The molecule has 0 spiro atoms. The van der Waals surface area contributed by atoms with Crippen LogP contribution < -0.4 is 4.74 Å². The number of benzene rings is 2. The minimum absolute atomic E-state index is 0.280. The van der Waals surface area contributed by atoms with E-state index in [9.17, 15) is 4.39 Å². The molecule has 1 aromatic heterocycles. The van der Waals surface area contributed by atoms with Crippen LogP contribution in [-0.4, -0.2) is 18.3 Å². The molecule has 0 aliphatic heterocycles. The Morgan fingerprint density at radius 2 is 2.08 bits per heavy atom. The van der Waals surface area contributed by atoms with Gasteiger partial charge in [-0.25, -0.2) is 14.4 Å². The van der Waals surface area contributed by atoms with Crippen molar-refractivity contribution in [1.82, 2.24) is 4.98 Å². The molecule has 1 heterocycles. The fraction of sp³-hybridized carbons (Fsp3) is 0.158. The monoisotopic (exact) mass is 338 g/mol. The highest BCUT2D eigenvalue weighted by atomic mass is 32.1. The minimum atomic E-state index is -0.280. The van der Waals surface area contributed by atoms with Crippen molar-refractivity contribution in [1.29, 1.82) is 0 Å². The maximum atomic E-state index is 13.7. The number of rotatable bonds is 3. The summed E-state index contributed by atoms with van der Waals surface area (Å²) >= 11 is 1.57. The van der Waals surface area contributed by atoms with E-state index >= 15 is 0 Å². The number of aromatic nitrogens is 1. The lowest BCUT2D eigenvalue weighted by molar-refractivity contribution is 0.415. The molecule has 3 nitrogen and oxygen atoms in total. The van der Waals surface area contributed by atoms with E-state index in [0.717, 1.165) is 29.8 Å². The van der Waals surface area contributed by atoms with Crippen molar-refractivity contribution in [2.45, 2.75) is 12.8 Å². The number of hydrogen-bond donors (Lipinski definition) is 0. The van der Waals surface area contributed by atoms with Gasteiger partial charge in [0, 0.05) is 22.2 Å². The summed E-state index contributed by atoms with van der Waals surface area (Å²) in [6, 6.07) is 12.7. The van der Waals surface area contributed by atoms with Gasteiger partial charge < -0.3 is 4.74 Å². The molecule has 1 aliphatic carbocycles. The summed E-state index contributed by atoms with van der Waals surface area (Å²) in [5, 5.41) is 0.652. The molecule has 24 heavy (non-hydrogen) atoms. The first-order valence-electron chi connectivity index (χ1n) is 7.70. The molecule has 0 amide bonds. The van der Waals surface area contributed by atoms with Crippen molar-refractivity contribution in [2.24, 2.45) is 4.99 Å². The molecule has 5 heteroatoms. The summed E-state index contributed by atoms with van der Waals surface area (Å²) in [5.41, 5.74) is 3.83. The van der Waals surface area contributed by atoms with E-state index < -0.39 is 0 Å². The smallest absolute Gasteiger partial charge is 0.209 e. The third-order valence-electron chi connectivity index (χ3n) is 4.10. The lowest BCUT2D eigenvalue weighted by Gasteiger charge is -2.15. The van der Waals surface area contributed by atoms with Crippen LogP contribution in [0.15, 0.2) is 47.5 Å². The van der Waals surface area contributed by atoms with Gasteiger partial charge in [0.2, 0.25) is 5.13 Å². The summed E-state index contributed by atoms with van der Waals surface area (Å²) in [6.07, 6.45) is 3.48. The first kappa shape index (κ1) is 15.0. The zero-order chi connectivity index (χ0) is 16.5. The summed E-state index contributed by atoms with van der Waals surface area (Å²) in [5.74, 6) is 0.545. The number of hydrogen-bond acceptors (Lipinski definition) is 4. The molecule has 2 aromatic carbocycles. The Kier molecular flexibility index (Phi) is 3.86. The summed E-state index contributed by atoms with van der Waals surface area (Å²) in [7, 11) is 1.66. The van der Waals surface area contributed by atoms with Crippen molar-refractivity contribution in [3.05, 3.63) is 64.3 Å². The fourth-order valence-electron chi connectivity index (χ4n) is 2.85. The van der Waals surface area contributed by atoms with Gasteiger partial charge in [0.1, 0.15) is 11.6 Å². The van der Waals surface area contributed by atoms with E-state index in [1.54, 1.807) is 36.6 Å². The molecule has 1 aliphatic rings. The van der Waals surface area contributed by atoms with Crippen LogP contribution in [0.2, 0.25) is 0 Å². The van der Waals surface area contributed by atoms with Gasteiger partial charge in [-0.1, -0.05) is 35.6 Å². The van der Waals surface area contributed by atoms with E-state index in [-0.39, 0.29) is 5.82 Å². The highest BCUT2D eigenvalue weighted by Gasteiger charge is 2.21. The third-order valence-corrected chi connectivity index (χ3v) is 5.12. The van der Waals surface area contributed by atoms with Crippen molar-refractivity contribution in [3.8, 4) is 17.0 Å². The second-order valence-electron chi connectivity index (χ2n) is 5.57. The Labute approximate surface area is 143 Å². The molecule has 0 saturated heterocycles. The lowest BCUT2D eigenvalue weighted by Crippen LogP contribution is -2.02. The number of halogens is 1. The predicted octanol–water partition coefficient (Wildman–Crippen LogP) is 4.81. The molecular formula is C19H15FN2OS. The number of ether oxygens (including phenoxy) is 1. The molecular weight excluding hydrogens is 323 g/mol. The van der Waals surface area contributed by atoms with Gasteiger partial charge >= 0.3 is 0 Å². The first-order valence-corrected chi connectivity index (χ1v) is 8.52. The van der Waals surface area contributed by atoms with Gasteiger partial charge in [-0.2, -0.15) is 0 Å².